The molecule has 0 radical (unpaired) electrons. The van der Waals surface area contributed by atoms with E-state index < -0.39 is 6.03 Å². The van der Waals surface area contributed by atoms with Crippen LogP contribution in [0.25, 0.3) is 0 Å². The van der Waals surface area contributed by atoms with E-state index in [1.54, 1.807) is 0 Å². The van der Waals surface area contributed by atoms with E-state index in [-0.39, 0.29) is 28.6 Å². The summed E-state index contributed by atoms with van der Waals surface area (Å²) in [5.74, 6) is -0.232. The fraction of sp³-hybridized carbons (Fsp3) is 0.250. The van der Waals surface area contributed by atoms with Gasteiger partial charge in [-0.25, -0.2) is 9.78 Å². The zero-order chi connectivity index (χ0) is 15.4. The molecule has 0 aliphatic carbocycles. The largest absolute Gasteiger partial charge is 0.336 e. The van der Waals surface area contributed by atoms with Crippen molar-refractivity contribution in [3.8, 4) is 12.1 Å². The maximum absolute atomic E-state index is 11.9. The third-order valence-electron chi connectivity index (χ3n) is 2.81. The molecule has 1 aromatic rings. The van der Waals surface area contributed by atoms with Crippen LogP contribution >= 0.6 is 11.8 Å². The number of nitrogens with zero attached hydrogens (tertiary/aromatic N) is 3. The molecule has 106 valence electrons. The lowest BCUT2D eigenvalue weighted by Gasteiger charge is -2.11. The van der Waals surface area contributed by atoms with Crippen molar-refractivity contribution in [3.05, 3.63) is 17.2 Å². The number of carbonyl (C=O) groups excluding carboxylic acids is 2. The van der Waals surface area contributed by atoms with Gasteiger partial charge in [0.05, 0.1) is 5.75 Å². The first-order chi connectivity index (χ1) is 10.1. The molecule has 3 amide bonds. The van der Waals surface area contributed by atoms with Crippen molar-refractivity contribution in [2.24, 2.45) is 0 Å². The first kappa shape index (κ1) is 14.6. The quantitative estimate of drug-likeness (QED) is 0.720. The number of carbonyl (C=O) groups is 2. The molecule has 1 aromatic heterocycles. The summed E-state index contributed by atoms with van der Waals surface area (Å²) in [5.41, 5.74) is 6.04. The average Bonchev–Trinajstić information content (AvgIpc) is 2.91. The molecule has 0 spiro atoms. The molecule has 4 N–H and O–H groups in total. The summed E-state index contributed by atoms with van der Waals surface area (Å²) in [5, 5.41) is 20.8. The predicted octanol–water partition coefficient (Wildman–Crippen LogP) is -0.530. The summed E-state index contributed by atoms with van der Waals surface area (Å²) < 4.78 is 0. The molecule has 1 aliphatic heterocycles. The van der Waals surface area contributed by atoms with Crippen LogP contribution in [0, 0.1) is 22.7 Å². The second kappa shape index (κ2) is 6.11. The van der Waals surface area contributed by atoms with Crippen molar-refractivity contribution in [2.75, 3.05) is 24.6 Å². The minimum atomic E-state index is -0.413. The van der Waals surface area contributed by atoms with Crippen LogP contribution in [-0.4, -0.2) is 35.7 Å². The molecule has 9 heteroatoms. The minimum absolute atomic E-state index is 0.00998. The highest BCUT2D eigenvalue weighted by Gasteiger charge is 2.26. The zero-order valence-corrected chi connectivity index (χ0v) is 11.7. The lowest BCUT2D eigenvalue weighted by Crippen LogP contribution is -2.35. The number of amides is 3. The number of nitriles is 2. The molecule has 2 heterocycles. The third-order valence-corrected chi connectivity index (χ3v) is 3.81. The molecule has 21 heavy (non-hydrogen) atoms. The van der Waals surface area contributed by atoms with Crippen LogP contribution in [0.15, 0.2) is 11.1 Å². The molecule has 0 unspecified atom stereocenters. The fourth-order valence-electron chi connectivity index (χ4n) is 1.76. The van der Waals surface area contributed by atoms with E-state index in [2.05, 4.69) is 10.3 Å². The van der Waals surface area contributed by atoms with Gasteiger partial charge in [0.25, 0.3) is 5.82 Å². The first-order valence-electron chi connectivity index (χ1n) is 5.93. The number of rotatable bonds is 3. The molecule has 8 nitrogen and oxygen atoms in total. The standard InChI is InChI=1S/C12H10N6O2S/c13-4-7-3-8(5-14)11(17-10(7)15)21-6-9(19)18-2-1-16-12(18)20/h3H,1-2,6H2,(H2,15,17)(H,16,20)/p+1. The molecule has 0 aromatic carbocycles. The smallest absolute Gasteiger partial charge is 0.324 e. The van der Waals surface area contributed by atoms with Crippen molar-refractivity contribution in [2.45, 2.75) is 5.03 Å². The zero-order valence-electron chi connectivity index (χ0n) is 10.8. The number of thioether (sulfide) groups is 1. The Morgan fingerprint density at radius 1 is 1.48 bits per heavy atom. The Labute approximate surface area is 124 Å². The summed E-state index contributed by atoms with van der Waals surface area (Å²) in [6.45, 7) is 0.775. The maximum Gasteiger partial charge on any atom is 0.324 e. The summed E-state index contributed by atoms with van der Waals surface area (Å²) in [7, 11) is 0. The van der Waals surface area contributed by atoms with E-state index in [1.165, 1.54) is 6.07 Å². The third kappa shape index (κ3) is 3.04. The number of H-pyrrole nitrogens is 1. The van der Waals surface area contributed by atoms with Crippen LogP contribution in [0.4, 0.5) is 10.6 Å². The van der Waals surface area contributed by atoms with E-state index >= 15 is 0 Å². The molecule has 0 atom stereocenters. The second-order valence-electron chi connectivity index (χ2n) is 4.13. The van der Waals surface area contributed by atoms with Crippen molar-refractivity contribution < 1.29 is 14.6 Å². The SMILES string of the molecule is N#Cc1cc(C#N)c(SCC(=O)N2CCNC2=O)[nH+]c1N. The van der Waals surface area contributed by atoms with Crippen LogP contribution in [0.3, 0.4) is 0 Å². The number of hydrogen-bond donors (Lipinski definition) is 2. The van der Waals surface area contributed by atoms with Crippen molar-refractivity contribution in [1.82, 2.24) is 10.2 Å². The topological polar surface area (TPSA) is 137 Å². The summed E-state index contributed by atoms with van der Waals surface area (Å²) >= 11 is 1.06. The van der Waals surface area contributed by atoms with Gasteiger partial charge >= 0.3 is 6.03 Å². The lowest BCUT2D eigenvalue weighted by atomic mass is 10.2. The molecular formula is C12H11N6O2S+. The Bertz CT molecular complexity index is 690. The van der Waals surface area contributed by atoms with Crippen LogP contribution in [0.2, 0.25) is 0 Å². The number of nitrogen functional groups attached to an aromatic ring is 1. The Kier molecular flexibility index (Phi) is 4.26. The van der Waals surface area contributed by atoms with E-state index in [1.807, 2.05) is 12.1 Å². The maximum atomic E-state index is 11.9. The number of anilines is 1. The number of aromatic nitrogens is 1. The molecular weight excluding hydrogens is 292 g/mol. The number of imide groups is 1. The lowest BCUT2D eigenvalue weighted by molar-refractivity contribution is -0.410. The molecule has 1 aliphatic rings. The predicted molar refractivity (Wildman–Crippen MR) is 72.7 cm³/mol. The van der Waals surface area contributed by atoms with Crippen LogP contribution < -0.4 is 16.0 Å². The molecule has 1 saturated heterocycles. The number of aromatic amines is 1. The van der Waals surface area contributed by atoms with E-state index in [9.17, 15) is 9.59 Å². The second-order valence-corrected chi connectivity index (χ2v) is 5.11. The van der Waals surface area contributed by atoms with Gasteiger partial charge in [-0.1, -0.05) is 11.8 Å². The minimum Gasteiger partial charge on any atom is -0.336 e. The Balaban J connectivity index is 2.12. The van der Waals surface area contributed by atoms with E-state index in [0.717, 1.165) is 16.7 Å². The van der Waals surface area contributed by atoms with E-state index in [4.69, 9.17) is 16.3 Å². The molecule has 0 saturated carbocycles. The van der Waals surface area contributed by atoms with Crippen molar-refractivity contribution in [1.29, 1.82) is 10.5 Å². The number of urea groups is 1. The van der Waals surface area contributed by atoms with Gasteiger partial charge in [-0.3, -0.25) is 15.4 Å². The molecule has 1 fully saturated rings. The summed E-state index contributed by atoms with van der Waals surface area (Å²) in [6, 6.07) is 4.75. The van der Waals surface area contributed by atoms with Crippen LogP contribution in [0.1, 0.15) is 11.1 Å². The van der Waals surface area contributed by atoms with Crippen molar-refractivity contribution >= 4 is 29.5 Å². The monoisotopic (exact) mass is 303 g/mol. The Morgan fingerprint density at radius 2 is 2.19 bits per heavy atom. The van der Waals surface area contributed by atoms with Gasteiger partial charge in [-0.15, -0.1) is 0 Å². The number of hydrogen-bond acceptors (Lipinski definition) is 6. The van der Waals surface area contributed by atoms with E-state index in [0.29, 0.717) is 18.1 Å². The van der Waals surface area contributed by atoms with Crippen LogP contribution in [0.5, 0.6) is 0 Å². The van der Waals surface area contributed by atoms with Gasteiger partial charge in [-0.05, 0) is 6.07 Å². The molecule has 0 bridgehead atoms. The van der Waals surface area contributed by atoms with Gasteiger partial charge in [0.2, 0.25) is 5.91 Å². The van der Waals surface area contributed by atoms with Gasteiger partial charge in [0.15, 0.2) is 5.03 Å². The van der Waals surface area contributed by atoms with Gasteiger partial charge in [-0.2, -0.15) is 10.5 Å². The highest BCUT2D eigenvalue weighted by atomic mass is 32.2. The highest BCUT2D eigenvalue weighted by molar-refractivity contribution is 7.99. The van der Waals surface area contributed by atoms with Crippen LogP contribution in [-0.2, 0) is 4.79 Å². The van der Waals surface area contributed by atoms with Gasteiger partial charge < -0.3 is 5.32 Å². The highest BCUT2D eigenvalue weighted by Crippen LogP contribution is 2.20. The Hall–Kier alpha value is -2.78. The summed E-state index contributed by atoms with van der Waals surface area (Å²) in [6.07, 6.45) is 0. The number of nitrogens with one attached hydrogen (secondary N) is 2. The number of pyridine rings is 1. The number of nitrogens with two attached hydrogens (primary N) is 1. The van der Waals surface area contributed by atoms with Crippen molar-refractivity contribution in [3.63, 3.8) is 0 Å². The normalized spacial score (nSPS) is 13.4. The first-order valence-corrected chi connectivity index (χ1v) is 6.92. The Morgan fingerprint density at radius 3 is 2.76 bits per heavy atom. The fourth-order valence-corrected chi connectivity index (χ4v) is 2.62. The summed E-state index contributed by atoms with van der Waals surface area (Å²) in [4.78, 5) is 27.1. The average molecular weight is 303 g/mol. The van der Waals surface area contributed by atoms with Gasteiger partial charge in [0, 0.05) is 13.1 Å². The van der Waals surface area contributed by atoms with Gasteiger partial charge in [0.1, 0.15) is 23.3 Å². The molecule has 2 rings (SSSR count).